The fourth-order valence-electron chi connectivity index (χ4n) is 4.25. The summed E-state index contributed by atoms with van der Waals surface area (Å²) in [6.45, 7) is 2.81. The number of hydrogen-bond acceptors (Lipinski definition) is 8. The Morgan fingerprint density at radius 1 is 1.20 bits per heavy atom. The van der Waals surface area contributed by atoms with E-state index in [1.54, 1.807) is 25.1 Å². The number of methoxy groups -OCH3 is 1. The van der Waals surface area contributed by atoms with E-state index in [9.17, 15) is 22.4 Å². The minimum atomic E-state index is -4.24. The Bertz CT molecular complexity index is 1810. The van der Waals surface area contributed by atoms with Gasteiger partial charge in [-0.15, -0.1) is 0 Å². The molecule has 3 heterocycles. The van der Waals surface area contributed by atoms with Crippen molar-refractivity contribution in [2.75, 3.05) is 25.0 Å². The molecule has 214 valence electrons. The van der Waals surface area contributed by atoms with Crippen LogP contribution in [0, 0.1) is 11.7 Å². The van der Waals surface area contributed by atoms with Gasteiger partial charge < -0.3 is 14.8 Å². The largest absolute Gasteiger partial charge is 0.480 e. The second-order valence-electron chi connectivity index (χ2n) is 9.54. The SMILES string of the molecule is COc1ncc(-c2ccc3ncn(C[C@@H](C)C(=O)NC4COC4)c(=O)c3c2)cc1NS(=O)(=O)c1ccc(F)cc1Cl. The monoisotopic (exact) mass is 601 g/mol. The normalized spacial score (nSPS) is 14.3. The van der Waals surface area contributed by atoms with Gasteiger partial charge in [-0.3, -0.25) is 18.9 Å². The maximum Gasteiger partial charge on any atom is 0.263 e. The summed E-state index contributed by atoms with van der Waals surface area (Å²) in [6, 6.07) is 9.41. The predicted molar refractivity (Wildman–Crippen MR) is 150 cm³/mol. The maximum absolute atomic E-state index is 13.5. The van der Waals surface area contributed by atoms with Gasteiger partial charge in [-0.1, -0.05) is 24.6 Å². The van der Waals surface area contributed by atoms with Gasteiger partial charge in [-0.25, -0.2) is 22.8 Å². The van der Waals surface area contributed by atoms with E-state index in [1.165, 1.54) is 30.3 Å². The van der Waals surface area contributed by atoms with Crippen molar-refractivity contribution >= 4 is 44.1 Å². The van der Waals surface area contributed by atoms with Crippen LogP contribution < -0.4 is 20.3 Å². The van der Waals surface area contributed by atoms with Gasteiger partial charge >= 0.3 is 0 Å². The molecule has 2 N–H and O–H groups in total. The van der Waals surface area contributed by atoms with Gasteiger partial charge in [0.15, 0.2) is 0 Å². The molecule has 14 heteroatoms. The molecule has 11 nitrogen and oxygen atoms in total. The van der Waals surface area contributed by atoms with Gasteiger partial charge in [-0.05, 0) is 42.0 Å². The van der Waals surface area contributed by atoms with Crippen molar-refractivity contribution in [3.8, 4) is 17.0 Å². The van der Waals surface area contributed by atoms with Crippen molar-refractivity contribution in [2.45, 2.75) is 24.4 Å². The van der Waals surface area contributed by atoms with E-state index < -0.39 is 21.8 Å². The number of aromatic nitrogens is 3. The Hall–Kier alpha value is -4.07. The number of nitrogens with one attached hydrogen (secondary N) is 2. The predicted octanol–water partition coefficient (Wildman–Crippen LogP) is 3.21. The highest BCUT2D eigenvalue weighted by molar-refractivity contribution is 7.92. The lowest BCUT2D eigenvalue weighted by molar-refractivity contribution is -0.129. The van der Waals surface area contributed by atoms with E-state index in [4.69, 9.17) is 21.1 Å². The molecule has 1 fully saturated rings. The molecule has 0 bridgehead atoms. The van der Waals surface area contributed by atoms with Gasteiger partial charge in [0, 0.05) is 18.3 Å². The first-order chi connectivity index (χ1) is 19.6. The Kier molecular flexibility index (Phi) is 7.93. The van der Waals surface area contributed by atoms with E-state index in [2.05, 4.69) is 20.0 Å². The van der Waals surface area contributed by atoms with Crippen LogP contribution in [0.4, 0.5) is 10.1 Å². The number of nitrogens with zero attached hydrogens (tertiary/aromatic N) is 3. The van der Waals surface area contributed by atoms with Crippen LogP contribution in [-0.2, 0) is 26.1 Å². The molecule has 1 amide bonds. The number of hydrogen-bond donors (Lipinski definition) is 2. The number of sulfonamides is 1. The lowest BCUT2D eigenvalue weighted by Crippen LogP contribution is -2.50. The molecule has 1 aliphatic heterocycles. The number of carbonyl (C=O) groups is 1. The minimum Gasteiger partial charge on any atom is -0.480 e. The molecule has 0 saturated carbocycles. The number of anilines is 1. The quantitative estimate of drug-likeness (QED) is 0.298. The Morgan fingerprint density at radius 2 is 1.98 bits per heavy atom. The van der Waals surface area contributed by atoms with Crippen LogP contribution >= 0.6 is 11.6 Å². The van der Waals surface area contributed by atoms with E-state index in [1.807, 2.05) is 0 Å². The highest BCUT2D eigenvalue weighted by atomic mass is 35.5. The number of rotatable bonds is 9. The van der Waals surface area contributed by atoms with Gasteiger partial charge in [0.2, 0.25) is 11.8 Å². The molecule has 0 aliphatic carbocycles. The Morgan fingerprint density at radius 3 is 2.66 bits per heavy atom. The van der Waals surface area contributed by atoms with Crippen molar-refractivity contribution in [3.05, 3.63) is 76.2 Å². The summed E-state index contributed by atoms with van der Waals surface area (Å²) in [4.78, 5) is 34.1. The smallest absolute Gasteiger partial charge is 0.263 e. The van der Waals surface area contributed by atoms with E-state index in [0.29, 0.717) is 35.2 Å². The van der Waals surface area contributed by atoms with Gasteiger partial charge in [-0.2, -0.15) is 0 Å². The zero-order valence-electron chi connectivity index (χ0n) is 21.9. The average Bonchev–Trinajstić information content (AvgIpc) is 2.91. The summed E-state index contributed by atoms with van der Waals surface area (Å²) in [7, 11) is -2.91. The van der Waals surface area contributed by atoms with E-state index in [-0.39, 0.29) is 45.5 Å². The molecule has 0 spiro atoms. The first-order valence-electron chi connectivity index (χ1n) is 12.5. The molecule has 1 saturated heterocycles. The first-order valence-corrected chi connectivity index (χ1v) is 14.3. The van der Waals surface area contributed by atoms with Crippen LogP contribution in [-0.4, -0.2) is 55.2 Å². The van der Waals surface area contributed by atoms with Crippen LogP contribution in [0.25, 0.3) is 22.0 Å². The lowest BCUT2D eigenvalue weighted by atomic mass is 10.0. The van der Waals surface area contributed by atoms with Crippen LogP contribution in [0.3, 0.4) is 0 Å². The lowest BCUT2D eigenvalue weighted by Gasteiger charge is -2.28. The number of carbonyl (C=O) groups excluding carboxylic acids is 1. The number of halogens is 2. The highest BCUT2D eigenvalue weighted by Gasteiger charge is 2.24. The average molecular weight is 602 g/mol. The summed E-state index contributed by atoms with van der Waals surface area (Å²) in [5.41, 5.74) is 1.15. The third kappa shape index (κ3) is 6.01. The summed E-state index contributed by atoms with van der Waals surface area (Å²) >= 11 is 5.97. The molecular formula is C27H25ClFN5O6S. The zero-order chi connectivity index (χ0) is 29.3. The number of amides is 1. The standard InChI is InChI=1S/C27H25ClFN5O6S/c1-15(25(35)32-19-12-40-13-19)11-34-14-31-22-5-3-16(7-20(22)27(34)36)17-8-23(26(39-2)30-10-17)33-41(37,38)24-6-4-18(29)9-21(24)28/h3-10,14-15,19,33H,11-13H2,1-2H3,(H,32,35)/t15-/m1/s1. The molecule has 0 radical (unpaired) electrons. The van der Waals surface area contributed by atoms with Crippen molar-refractivity contribution in [2.24, 2.45) is 5.92 Å². The third-order valence-electron chi connectivity index (χ3n) is 6.53. The summed E-state index contributed by atoms with van der Waals surface area (Å²) in [5, 5.41) is 2.90. The van der Waals surface area contributed by atoms with Crippen molar-refractivity contribution in [1.82, 2.24) is 19.9 Å². The Balaban J connectivity index is 1.45. The first kappa shape index (κ1) is 28.5. The molecule has 4 aromatic rings. The number of benzene rings is 2. The molecule has 0 unspecified atom stereocenters. The second-order valence-corrected chi connectivity index (χ2v) is 11.6. The number of pyridine rings is 1. The van der Waals surface area contributed by atoms with Crippen LogP contribution in [0.2, 0.25) is 5.02 Å². The topological polar surface area (TPSA) is 142 Å². The zero-order valence-corrected chi connectivity index (χ0v) is 23.5. The molecule has 41 heavy (non-hydrogen) atoms. The van der Waals surface area contributed by atoms with E-state index in [0.717, 1.165) is 18.2 Å². The third-order valence-corrected chi connectivity index (χ3v) is 8.38. The van der Waals surface area contributed by atoms with Gasteiger partial charge in [0.1, 0.15) is 16.4 Å². The summed E-state index contributed by atoms with van der Waals surface area (Å²) in [5.74, 6) is -1.35. The second kappa shape index (κ2) is 11.4. The van der Waals surface area contributed by atoms with Gasteiger partial charge in [0.05, 0.1) is 54.5 Å². The molecular weight excluding hydrogens is 577 g/mol. The molecule has 1 atom stereocenters. The van der Waals surface area contributed by atoms with Crippen molar-refractivity contribution in [1.29, 1.82) is 0 Å². The maximum atomic E-state index is 13.5. The minimum absolute atomic E-state index is 0.00536. The summed E-state index contributed by atoms with van der Waals surface area (Å²) in [6.07, 6.45) is 2.87. The number of ether oxygens (including phenoxy) is 2. The number of fused-ring (bicyclic) bond motifs is 1. The van der Waals surface area contributed by atoms with Crippen molar-refractivity contribution < 1.29 is 27.1 Å². The highest BCUT2D eigenvalue weighted by Crippen LogP contribution is 2.32. The molecule has 1 aliphatic rings. The van der Waals surface area contributed by atoms with Crippen LogP contribution in [0.15, 0.2) is 64.7 Å². The molecule has 2 aromatic heterocycles. The van der Waals surface area contributed by atoms with Crippen LogP contribution in [0.1, 0.15) is 6.92 Å². The van der Waals surface area contributed by atoms with Crippen LogP contribution in [0.5, 0.6) is 5.88 Å². The van der Waals surface area contributed by atoms with E-state index >= 15 is 0 Å². The fraction of sp³-hybridized carbons (Fsp3) is 0.259. The Labute approximate surface area is 239 Å². The summed E-state index contributed by atoms with van der Waals surface area (Å²) < 4.78 is 53.6. The van der Waals surface area contributed by atoms with Crippen molar-refractivity contribution in [3.63, 3.8) is 0 Å². The fourth-order valence-corrected chi connectivity index (χ4v) is 5.83. The molecule has 2 aromatic carbocycles. The molecule has 5 rings (SSSR count). The van der Waals surface area contributed by atoms with Gasteiger partial charge in [0.25, 0.3) is 15.6 Å².